The number of hydrogen-bond acceptors (Lipinski definition) is 6. The van der Waals surface area contributed by atoms with E-state index in [9.17, 15) is 4.79 Å². The Bertz CT molecular complexity index is 762. The van der Waals surface area contributed by atoms with Crippen LogP contribution in [0.3, 0.4) is 0 Å². The topological polar surface area (TPSA) is 97.6 Å². The number of nitrogens with zero attached hydrogens (tertiary/aromatic N) is 5. The molecule has 8 heteroatoms. The molecule has 0 saturated carbocycles. The van der Waals surface area contributed by atoms with Gasteiger partial charge in [0.25, 0.3) is 0 Å². The van der Waals surface area contributed by atoms with Crippen LogP contribution in [0.1, 0.15) is 18.0 Å². The molecule has 0 aliphatic heterocycles. The first-order chi connectivity index (χ1) is 12.3. The Morgan fingerprint density at radius 1 is 1.12 bits per heavy atom. The van der Waals surface area contributed by atoms with Crippen molar-refractivity contribution in [3.8, 4) is 0 Å². The lowest BCUT2D eigenvalue weighted by Gasteiger charge is -2.16. The second-order valence-electron chi connectivity index (χ2n) is 5.42. The summed E-state index contributed by atoms with van der Waals surface area (Å²) in [6.07, 6.45) is 5.73. The second kappa shape index (κ2) is 8.53. The van der Waals surface area contributed by atoms with Gasteiger partial charge in [-0.3, -0.25) is 9.78 Å². The highest BCUT2D eigenvalue weighted by atomic mass is 16.2. The van der Waals surface area contributed by atoms with Gasteiger partial charge in [0.15, 0.2) is 6.04 Å². The normalized spacial score (nSPS) is 11.7. The van der Waals surface area contributed by atoms with Crippen molar-refractivity contribution in [2.24, 2.45) is 0 Å². The molecule has 0 aliphatic rings. The molecule has 1 atom stereocenters. The molecule has 3 aromatic rings. The second-order valence-corrected chi connectivity index (χ2v) is 5.42. The average Bonchev–Trinajstić information content (AvgIpc) is 3.17. The monoisotopic (exact) mass is 337 g/mol. The maximum Gasteiger partial charge on any atom is 0.249 e. The molecule has 0 radical (unpaired) electrons. The molecular formula is C17H19N7O. The summed E-state index contributed by atoms with van der Waals surface area (Å²) >= 11 is 0. The van der Waals surface area contributed by atoms with Crippen molar-refractivity contribution >= 4 is 11.6 Å². The Morgan fingerprint density at radius 3 is 2.72 bits per heavy atom. The van der Waals surface area contributed by atoms with Gasteiger partial charge >= 0.3 is 0 Å². The summed E-state index contributed by atoms with van der Waals surface area (Å²) < 4.78 is 1.46. The summed E-state index contributed by atoms with van der Waals surface area (Å²) in [6.45, 7) is 1.30. The van der Waals surface area contributed by atoms with Crippen molar-refractivity contribution < 1.29 is 4.79 Å². The van der Waals surface area contributed by atoms with Gasteiger partial charge in [-0.1, -0.05) is 30.3 Å². The van der Waals surface area contributed by atoms with E-state index in [1.807, 2.05) is 42.5 Å². The van der Waals surface area contributed by atoms with E-state index in [4.69, 9.17) is 0 Å². The van der Waals surface area contributed by atoms with Crippen LogP contribution in [-0.4, -0.2) is 44.2 Å². The number of rotatable bonds is 8. The molecule has 8 nitrogen and oxygen atoms in total. The number of hydrogen-bond donors (Lipinski definition) is 2. The van der Waals surface area contributed by atoms with Gasteiger partial charge in [0.2, 0.25) is 5.91 Å². The fraction of sp³-hybridized carbons (Fsp3) is 0.235. The summed E-state index contributed by atoms with van der Waals surface area (Å²) in [5, 5.41) is 17.3. The van der Waals surface area contributed by atoms with Gasteiger partial charge < -0.3 is 10.6 Å². The molecule has 25 heavy (non-hydrogen) atoms. The van der Waals surface area contributed by atoms with Crippen LogP contribution in [0.2, 0.25) is 0 Å². The predicted octanol–water partition coefficient (Wildman–Crippen LogP) is 1.28. The molecule has 0 bridgehead atoms. The van der Waals surface area contributed by atoms with E-state index in [0.29, 0.717) is 6.54 Å². The molecule has 0 fully saturated rings. The first-order valence-electron chi connectivity index (χ1n) is 8.03. The van der Waals surface area contributed by atoms with Gasteiger partial charge in [0.1, 0.15) is 6.33 Å². The van der Waals surface area contributed by atoms with Gasteiger partial charge in [0, 0.05) is 25.5 Å². The Labute approximate surface area is 145 Å². The standard InChI is InChI=1S/C17H19N7O/c25-17(20-11-5-10-19-15-8-4-9-18-12-15)16(24-13-21-22-23-24)14-6-2-1-3-7-14/h1-4,6-9,12-13,16,19H,5,10-11H2,(H,20,25)/t16-/m0/s1. The van der Waals surface area contributed by atoms with Gasteiger partial charge in [-0.2, -0.15) is 0 Å². The van der Waals surface area contributed by atoms with Crippen molar-refractivity contribution in [1.29, 1.82) is 0 Å². The molecule has 2 N–H and O–H groups in total. The van der Waals surface area contributed by atoms with Crippen molar-refractivity contribution in [2.45, 2.75) is 12.5 Å². The molecule has 1 aromatic carbocycles. The number of benzene rings is 1. The van der Waals surface area contributed by atoms with Crippen molar-refractivity contribution in [1.82, 2.24) is 30.5 Å². The summed E-state index contributed by atoms with van der Waals surface area (Å²) in [7, 11) is 0. The van der Waals surface area contributed by atoms with E-state index >= 15 is 0 Å². The van der Waals surface area contributed by atoms with Crippen LogP contribution in [0, 0.1) is 0 Å². The number of carbonyl (C=O) groups is 1. The molecule has 0 unspecified atom stereocenters. The number of nitrogens with one attached hydrogen (secondary N) is 2. The van der Waals surface area contributed by atoms with Crippen molar-refractivity contribution in [2.75, 3.05) is 18.4 Å². The van der Waals surface area contributed by atoms with Gasteiger partial charge in [-0.25, -0.2) is 4.68 Å². The molecular weight excluding hydrogens is 318 g/mol. The van der Waals surface area contributed by atoms with E-state index in [-0.39, 0.29) is 5.91 Å². The zero-order valence-corrected chi connectivity index (χ0v) is 13.6. The Balaban J connectivity index is 1.53. The lowest BCUT2D eigenvalue weighted by molar-refractivity contribution is -0.123. The van der Waals surface area contributed by atoms with Crippen molar-refractivity contribution in [3.63, 3.8) is 0 Å². The minimum Gasteiger partial charge on any atom is -0.384 e. The molecule has 1 amide bonds. The van der Waals surface area contributed by atoms with E-state index < -0.39 is 6.04 Å². The Kier molecular flexibility index (Phi) is 5.65. The Morgan fingerprint density at radius 2 is 2.00 bits per heavy atom. The number of tetrazole rings is 1. The third-order valence-electron chi connectivity index (χ3n) is 3.64. The van der Waals surface area contributed by atoms with E-state index in [2.05, 4.69) is 31.1 Å². The van der Waals surface area contributed by atoms with Crippen LogP contribution < -0.4 is 10.6 Å². The van der Waals surface area contributed by atoms with Gasteiger partial charge in [0.05, 0.1) is 5.69 Å². The van der Waals surface area contributed by atoms with E-state index in [1.54, 1.807) is 12.4 Å². The number of anilines is 1. The number of amides is 1. The lowest BCUT2D eigenvalue weighted by atomic mass is 10.1. The predicted molar refractivity (Wildman–Crippen MR) is 92.8 cm³/mol. The van der Waals surface area contributed by atoms with Crippen LogP contribution in [0.15, 0.2) is 61.2 Å². The van der Waals surface area contributed by atoms with Crippen molar-refractivity contribution in [3.05, 3.63) is 66.7 Å². The minimum absolute atomic E-state index is 0.139. The molecule has 2 heterocycles. The number of pyridine rings is 1. The number of aromatic nitrogens is 5. The summed E-state index contributed by atoms with van der Waals surface area (Å²) in [5.74, 6) is -0.139. The minimum atomic E-state index is -0.581. The highest BCUT2D eigenvalue weighted by Gasteiger charge is 2.23. The zero-order valence-electron chi connectivity index (χ0n) is 13.6. The van der Waals surface area contributed by atoms with Crippen LogP contribution in [0.4, 0.5) is 5.69 Å². The third kappa shape index (κ3) is 4.60. The van der Waals surface area contributed by atoms with Crippen LogP contribution in [0.5, 0.6) is 0 Å². The average molecular weight is 337 g/mol. The maximum atomic E-state index is 12.6. The summed E-state index contributed by atoms with van der Waals surface area (Å²) in [5.41, 5.74) is 1.80. The molecule has 0 aliphatic carbocycles. The third-order valence-corrected chi connectivity index (χ3v) is 3.64. The zero-order chi connectivity index (χ0) is 17.3. The summed E-state index contributed by atoms with van der Waals surface area (Å²) in [6, 6.07) is 12.7. The fourth-order valence-corrected chi connectivity index (χ4v) is 2.44. The molecule has 0 spiro atoms. The van der Waals surface area contributed by atoms with Crippen LogP contribution >= 0.6 is 0 Å². The molecule has 128 valence electrons. The van der Waals surface area contributed by atoms with E-state index in [1.165, 1.54) is 11.0 Å². The van der Waals surface area contributed by atoms with Crippen LogP contribution in [0.25, 0.3) is 0 Å². The fourth-order valence-electron chi connectivity index (χ4n) is 2.44. The molecule has 0 saturated heterocycles. The lowest BCUT2D eigenvalue weighted by Crippen LogP contribution is -2.34. The van der Waals surface area contributed by atoms with E-state index in [0.717, 1.165) is 24.2 Å². The first kappa shape index (κ1) is 16.6. The maximum absolute atomic E-state index is 12.6. The highest BCUT2D eigenvalue weighted by molar-refractivity contribution is 5.83. The smallest absolute Gasteiger partial charge is 0.249 e. The van der Waals surface area contributed by atoms with Gasteiger partial charge in [-0.05, 0) is 34.5 Å². The highest BCUT2D eigenvalue weighted by Crippen LogP contribution is 2.16. The molecule has 3 rings (SSSR count). The summed E-state index contributed by atoms with van der Waals surface area (Å²) in [4.78, 5) is 16.7. The molecule has 2 aromatic heterocycles. The van der Waals surface area contributed by atoms with Crippen LogP contribution in [-0.2, 0) is 4.79 Å². The largest absolute Gasteiger partial charge is 0.384 e. The quantitative estimate of drug-likeness (QED) is 0.601. The number of carbonyl (C=O) groups excluding carboxylic acids is 1. The van der Waals surface area contributed by atoms with Gasteiger partial charge in [-0.15, -0.1) is 5.10 Å². The first-order valence-corrected chi connectivity index (χ1v) is 8.03. The Hall–Kier alpha value is -3.29. The SMILES string of the molecule is O=C(NCCCNc1cccnc1)[C@H](c1ccccc1)n1cnnn1.